The van der Waals surface area contributed by atoms with Gasteiger partial charge in [0.1, 0.15) is 11.4 Å². The predicted molar refractivity (Wildman–Crippen MR) is 140 cm³/mol. The van der Waals surface area contributed by atoms with Crippen LogP contribution in [0.4, 0.5) is 0 Å². The SMILES string of the molecule is COc1cc2c(cc1Oc1ccccc1)-c1c(-c3cccs3)nc(C(=O)N(C)C(C)(C)C)n1CC2. The van der Waals surface area contributed by atoms with Crippen molar-refractivity contribution in [3.63, 3.8) is 0 Å². The second-order valence-corrected chi connectivity index (χ2v) is 10.6. The Bertz CT molecular complexity index is 1370. The van der Waals surface area contributed by atoms with Crippen molar-refractivity contribution in [2.75, 3.05) is 14.2 Å². The molecule has 180 valence electrons. The molecule has 7 heteroatoms. The Labute approximate surface area is 209 Å². The number of thiophene rings is 1. The highest BCUT2D eigenvalue weighted by Gasteiger charge is 2.33. The number of amides is 1. The fourth-order valence-electron chi connectivity index (χ4n) is 4.26. The van der Waals surface area contributed by atoms with Crippen LogP contribution in [0.15, 0.2) is 60.0 Å². The average Bonchev–Trinajstić information content (AvgIpc) is 3.51. The van der Waals surface area contributed by atoms with Crippen LogP contribution >= 0.6 is 11.3 Å². The Kier molecular flexibility index (Phi) is 5.89. The summed E-state index contributed by atoms with van der Waals surface area (Å²) in [6.45, 7) is 6.75. The lowest BCUT2D eigenvalue weighted by atomic mass is 9.95. The summed E-state index contributed by atoms with van der Waals surface area (Å²) in [7, 11) is 3.49. The molecule has 2 aromatic carbocycles. The molecule has 5 rings (SSSR count). The van der Waals surface area contributed by atoms with Gasteiger partial charge in [-0.15, -0.1) is 11.3 Å². The molecular formula is C28H29N3O3S. The number of carbonyl (C=O) groups is 1. The van der Waals surface area contributed by atoms with Gasteiger partial charge in [0.2, 0.25) is 0 Å². The highest BCUT2D eigenvalue weighted by Crippen LogP contribution is 2.45. The number of imidazole rings is 1. The maximum absolute atomic E-state index is 13.6. The van der Waals surface area contributed by atoms with E-state index >= 15 is 0 Å². The van der Waals surface area contributed by atoms with Crippen LogP contribution in [0.1, 0.15) is 37.0 Å². The number of methoxy groups -OCH3 is 1. The summed E-state index contributed by atoms with van der Waals surface area (Å²) in [4.78, 5) is 21.3. The number of rotatable bonds is 5. The zero-order valence-electron chi connectivity index (χ0n) is 20.7. The van der Waals surface area contributed by atoms with Crippen LogP contribution in [-0.4, -0.2) is 40.1 Å². The molecule has 0 saturated carbocycles. The molecular weight excluding hydrogens is 458 g/mol. The molecule has 0 aliphatic carbocycles. The summed E-state index contributed by atoms with van der Waals surface area (Å²) >= 11 is 1.62. The zero-order valence-corrected chi connectivity index (χ0v) is 21.5. The van der Waals surface area contributed by atoms with E-state index in [1.54, 1.807) is 23.3 Å². The molecule has 3 heterocycles. The van der Waals surface area contributed by atoms with Crippen LogP contribution in [0.5, 0.6) is 17.2 Å². The van der Waals surface area contributed by atoms with Crippen LogP contribution in [0, 0.1) is 0 Å². The molecule has 0 fully saturated rings. The molecule has 2 aromatic heterocycles. The monoisotopic (exact) mass is 487 g/mol. The Balaban J connectivity index is 1.69. The van der Waals surface area contributed by atoms with Gasteiger partial charge in [-0.25, -0.2) is 4.98 Å². The molecule has 0 saturated heterocycles. The maximum atomic E-state index is 13.6. The van der Waals surface area contributed by atoms with E-state index in [-0.39, 0.29) is 11.4 Å². The number of carbonyl (C=O) groups excluding carboxylic acids is 1. The standard InChI is InChI=1S/C28H29N3O3S/c1-28(2,3)30(4)27(32)26-29-24(23-12-9-15-35-23)25-20-17-22(34-19-10-7-6-8-11-19)21(33-5)16-18(20)13-14-31(25)26/h6-12,15-17H,13-14H2,1-5H3. The van der Waals surface area contributed by atoms with E-state index < -0.39 is 0 Å². The van der Waals surface area contributed by atoms with Crippen molar-refractivity contribution in [1.82, 2.24) is 14.5 Å². The largest absolute Gasteiger partial charge is 0.493 e. The number of aromatic nitrogens is 2. The number of aryl methyl sites for hydroxylation is 1. The van der Waals surface area contributed by atoms with E-state index in [2.05, 4.69) is 10.6 Å². The first-order valence-electron chi connectivity index (χ1n) is 11.6. The predicted octanol–water partition coefficient (Wildman–Crippen LogP) is 6.51. The Morgan fingerprint density at radius 2 is 1.86 bits per heavy atom. The van der Waals surface area contributed by atoms with Gasteiger partial charge in [-0.2, -0.15) is 0 Å². The third-order valence-electron chi connectivity index (χ3n) is 6.44. The Hall–Kier alpha value is -3.58. The first kappa shape index (κ1) is 23.2. The Morgan fingerprint density at radius 1 is 1.09 bits per heavy atom. The average molecular weight is 488 g/mol. The lowest BCUT2D eigenvalue weighted by Crippen LogP contribution is -2.43. The van der Waals surface area contributed by atoms with E-state index in [1.165, 1.54) is 0 Å². The van der Waals surface area contributed by atoms with Gasteiger partial charge in [0, 0.05) is 24.7 Å². The van der Waals surface area contributed by atoms with Gasteiger partial charge in [0.15, 0.2) is 17.3 Å². The summed E-state index contributed by atoms with van der Waals surface area (Å²) in [5.74, 6) is 2.43. The van der Waals surface area contributed by atoms with Crippen molar-refractivity contribution in [1.29, 1.82) is 0 Å². The zero-order chi connectivity index (χ0) is 24.7. The summed E-state index contributed by atoms with van der Waals surface area (Å²) < 4.78 is 14.0. The van der Waals surface area contributed by atoms with E-state index in [0.29, 0.717) is 23.9 Å². The minimum Gasteiger partial charge on any atom is -0.493 e. The smallest absolute Gasteiger partial charge is 0.290 e. The number of hydrogen-bond acceptors (Lipinski definition) is 5. The minimum atomic E-state index is -0.316. The van der Waals surface area contributed by atoms with Crippen molar-refractivity contribution in [2.45, 2.75) is 39.3 Å². The molecule has 1 aliphatic heterocycles. The minimum absolute atomic E-state index is 0.0840. The van der Waals surface area contributed by atoms with Gasteiger partial charge in [0.25, 0.3) is 5.91 Å². The maximum Gasteiger partial charge on any atom is 0.290 e. The third kappa shape index (κ3) is 4.21. The molecule has 0 spiro atoms. The van der Waals surface area contributed by atoms with Crippen LogP contribution in [0.2, 0.25) is 0 Å². The van der Waals surface area contributed by atoms with Crippen molar-refractivity contribution < 1.29 is 14.3 Å². The molecule has 1 amide bonds. The van der Waals surface area contributed by atoms with Crippen LogP contribution in [-0.2, 0) is 13.0 Å². The fraction of sp³-hybridized carbons (Fsp3) is 0.286. The van der Waals surface area contributed by atoms with Gasteiger partial charge < -0.3 is 18.9 Å². The number of hydrogen-bond donors (Lipinski definition) is 0. The molecule has 6 nitrogen and oxygen atoms in total. The lowest BCUT2D eigenvalue weighted by Gasteiger charge is -2.32. The summed E-state index contributed by atoms with van der Waals surface area (Å²) in [6, 6.07) is 17.8. The third-order valence-corrected chi connectivity index (χ3v) is 7.32. The van der Waals surface area contributed by atoms with Gasteiger partial charge in [-0.05, 0) is 68.5 Å². The molecule has 0 radical (unpaired) electrons. The fourth-order valence-corrected chi connectivity index (χ4v) is 4.98. The molecule has 0 unspecified atom stereocenters. The van der Waals surface area contributed by atoms with Crippen LogP contribution in [0.3, 0.4) is 0 Å². The van der Waals surface area contributed by atoms with E-state index in [0.717, 1.165) is 39.6 Å². The van der Waals surface area contributed by atoms with E-state index in [9.17, 15) is 4.79 Å². The van der Waals surface area contributed by atoms with Crippen molar-refractivity contribution in [3.8, 4) is 39.1 Å². The molecule has 1 aliphatic rings. The number of nitrogens with zero attached hydrogens (tertiary/aromatic N) is 3. The van der Waals surface area contributed by atoms with Crippen LogP contribution in [0.25, 0.3) is 21.8 Å². The quantitative estimate of drug-likeness (QED) is 0.322. The number of benzene rings is 2. The number of fused-ring (bicyclic) bond motifs is 3. The van der Waals surface area contributed by atoms with Gasteiger partial charge in [0.05, 0.1) is 17.7 Å². The Morgan fingerprint density at radius 3 is 2.51 bits per heavy atom. The molecule has 0 N–H and O–H groups in total. The van der Waals surface area contributed by atoms with Gasteiger partial charge >= 0.3 is 0 Å². The number of para-hydroxylation sites is 1. The first-order valence-corrected chi connectivity index (χ1v) is 12.5. The van der Waals surface area contributed by atoms with E-state index in [4.69, 9.17) is 14.5 Å². The second kappa shape index (κ2) is 8.89. The van der Waals surface area contributed by atoms with Gasteiger partial charge in [-0.1, -0.05) is 24.3 Å². The van der Waals surface area contributed by atoms with Crippen molar-refractivity contribution in [2.24, 2.45) is 0 Å². The molecule has 0 atom stereocenters. The lowest BCUT2D eigenvalue weighted by molar-refractivity contribution is 0.0638. The number of ether oxygens (including phenoxy) is 2. The highest BCUT2D eigenvalue weighted by atomic mass is 32.1. The van der Waals surface area contributed by atoms with Gasteiger partial charge in [-0.3, -0.25) is 4.79 Å². The van der Waals surface area contributed by atoms with Crippen molar-refractivity contribution >= 4 is 17.2 Å². The summed E-state index contributed by atoms with van der Waals surface area (Å²) in [5, 5.41) is 2.03. The molecule has 4 aromatic rings. The van der Waals surface area contributed by atoms with Crippen LogP contribution < -0.4 is 9.47 Å². The summed E-state index contributed by atoms with van der Waals surface area (Å²) in [6.07, 6.45) is 0.768. The molecule has 0 bridgehead atoms. The first-order chi connectivity index (χ1) is 16.8. The van der Waals surface area contributed by atoms with E-state index in [1.807, 2.05) is 81.7 Å². The summed E-state index contributed by atoms with van der Waals surface area (Å²) in [5.41, 5.74) is 3.61. The second-order valence-electron chi connectivity index (χ2n) is 9.62. The van der Waals surface area contributed by atoms with Crippen molar-refractivity contribution in [3.05, 3.63) is 71.4 Å². The topological polar surface area (TPSA) is 56.6 Å². The normalized spacial score (nSPS) is 12.6. The molecule has 35 heavy (non-hydrogen) atoms. The highest BCUT2D eigenvalue weighted by molar-refractivity contribution is 7.13.